The number of halogens is 1. The molecule has 0 aliphatic heterocycles. The summed E-state index contributed by atoms with van der Waals surface area (Å²) in [6, 6.07) is 7.71. The molecule has 3 N–H and O–H groups in total. The molecule has 0 spiro atoms. The van der Waals surface area contributed by atoms with Crippen LogP contribution in [-0.4, -0.2) is 29.9 Å². The molecule has 1 saturated carbocycles. The highest BCUT2D eigenvalue weighted by Crippen LogP contribution is 2.28. The second kappa shape index (κ2) is 9.30. The zero-order valence-electron chi connectivity index (χ0n) is 15.9. The fraction of sp³-hybridized carbons (Fsp3) is 0.381. The molecule has 148 valence electrons. The smallest absolute Gasteiger partial charge is 0.252 e. The predicted molar refractivity (Wildman–Crippen MR) is 106 cm³/mol. The van der Waals surface area contributed by atoms with Gasteiger partial charge in [-0.3, -0.25) is 14.6 Å². The summed E-state index contributed by atoms with van der Waals surface area (Å²) >= 11 is 0. The van der Waals surface area contributed by atoms with Crippen LogP contribution in [0, 0.1) is 11.7 Å². The maximum atomic E-state index is 13.8. The van der Waals surface area contributed by atoms with Crippen molar-refractivity contribution in [3.63, 3.8) is 0 Å². The summed E-state index contributed by atoms with van der Waals surface area (Å²) in [7, 11) is 1.57. The minimum atomic E-state index is -0.560. The quantitative estimate of drug-likeness (QED) is 0.683. The van der Waals surface area contributed by atoms with Gasteiger partial charge in [0.15, 0.2) is 5.82 Å². The first-order chi connectivity index (χ1) is 13.6. The molecule has 3 rings (SSSR count). The summed E-state index contributed by atoms with van der Waals surface area (Å²) in [5.74, 6) is -0.530. The van der Waals surface area contributed by atoms with Gasteiger partial charge in [-0.05, 0) is 36.6 Å². The molecule has 0 bridgehead atoms. The summed E-state index contributed by atoms with van der Waals surface area (Å²) in [5.41, 5.74) is 1.25. The van der Waals surface area contributed by atoms with Gasteiger partial charge in [-0.25, -0.2) is 4.39 Å². The van der Waals surface area contributed by atoms with Crippen LogP contribution in [0.15, 0.2) is 42.7 Å². The Kier molecular flexibility index (Phi) is 6.57. The molecule has 0 saturated heterocycles. The van der Waals surface area contributed by atoms with E-state index in [-0.39, 0.29) is 17.5 Å². The first-order valence-corrected chi connectivity index (χ1v) is 9.56. The van der Waals surface area contributed by atoms with E-state index in [1.54, 1.807) is 31.3 Å². The molecular formula is C21H25FN4O2. The number of amides is 2. The lowest BCUT2D eigenvalue weighted by Crippen LogP contribution is -2.46. The van der Waals surface area contributed by atoms with Crippen LogP contribution in [0.3, 0.4) is 0 Å². The van der Waals surface area contributed by atoms with Crippen molar-refractivity contribution in [3.05, 3.63) is 54.1 Å². The van der Waals surface area contributed by atoms with Crippen LogP contribution in [0.25, 0.3) is 0 Å². The summed E-state index contributed by atoms with van der Waals surface area (Å²) in [6.45, 7) is 0. The van der Waals surface area contributed by atoms with E-state index in [9.17, 15) is 14.0 Å². The molecule has 1 aliphatic carbocycles. The van der Waals surface area contributed by atoms with E-state index in [4.69, 9.17) is 0 Å². The maximum absolute atomic E-state index is 13.8. The lowest BCUT2D eigenvalue weighted by atomic mass is 9.97. The number of aromatic nitrogens is 1. The van der Waals surface area contributed by atoms with Gasteiger partial charge in [0.05, 0.1) is 11.9 Å². The van der Waals surface area contributed by atoms with Crippen molar-refractivity contribution in [2.24, 2.45) is 5.92 Å². The van der Waals surface area contributed by atoms with Crippen LogP contribution in [0.4, 0.5) is 15.8 Å². The average Bonchev–Trinajstić information content (AvgIpc) is 3.22. The van der Waals surface area contributed by atoms with E-state index in [0.29, 0.717) is 23.6 Å². The fourth-order valence-corrected chi connectivity index (χ4v) is 3.60. The Bertz CT molecular complexity index is 837. The van der Waals surface area contributed by atoms with Gasteiger partial charge < -0.3 is 16.0 Å². The third-order valence-corrected chi connectivity index (χ3v) is 5.09. The largest absolute Gasteiger partial charge is 0.357 e. The summed E-state index contributed by atoms with van der Waals surface area (Å²) in [5, 5.41) is 8.42. The van der Waals surface area contributed by atoms with Crippen LogP contribution >= 0.6 is 0 Å². The molecule has 2 aromatic rings. The number of likely N-dealkylation sites (N-methyl/N-ethyl adjacent to an activating group) is 1. The summed E-state index contributed by atoms with van der Waals surface area (Å²) < 4.78 is 13.8. The standard InChI is InChI=1S/C21H25FN4O2/c1-23-21(28)19(11-14-5-2-3-6-14)26-20(27)15-7-4-8-16(12-15)25-18-9-10-24-13-17(18)22/h4,7-10,12-14,19H,2-3,5-6,11H2,1H3,(H,23,28)(H,24,25)(H,26,27). The number of carbonyl (C=O) groups excluding carboxylic acids is 2. The minimum Gasteiger partial charge on any atom is -0.357 e. The molecule has 7 heteroatoms. The lowest BCUT2D eigenvalue weighted by molar-refractivity contribution is -0.122. The number of hydrogen-bond donors (Lipinski definition) is 3. The van der Waals surface area contributed by atoms with E-state index in [2.05, 4.69) is 20.9 Å². The molecule has 0 radical (unpaired) electrons. The molecular weight excluding hydrogens is 359 g/mol. The van der Waals surface area contributed by atoms with Gasteiger partial charge in [0.2, 0.25) is 5.91 Å². The van der Waals surface area contributed by atoms with Crippen LogP contribution in [-0.2, 0) is 4.79 Å². The minimum absolute atomic E-state index is 0.187. The van der Waals surface area contributed by atoms with Gasteiger partial charge >= 0.3 is 0 Å². The van der Waals surface area contributed by atoms with Crippen molar-refractivity contribution < 1.29 is 14.0 Å². The predicted octanol–water partition coefficient (Wildman–Crippen LogP) is 3.39. The van der Waals surface area contributed by atoms with Gasteiger partial charge in [-0.2, -0.15) is 0 Å². The van der Waals surface area contributed by atoms with Crippen LogP contribution < -0.4 is 16.0 Å². The van der Waals surface area contributed by atoms with Crippen molar-refractivity contribution in [2.45, 2.75) is 38.1 Å². The Morgan fingerprint density at radius 1 is 1.25 bits per heavy atom. The topological polar surface area (TPSA) is 83.1 Å². The summed E-state index contributed by atoms with van der Waals surface area (Å²) in [6.07, 6.45) is 7.80. The van der Waals surface area contributed by atoms with Crippen LogP contribution in [0.5, 0.6) is 0 Å². The molecule has 1 aliphatic rings. The van der Waals surface area contributed by atoms with Crippen molar-refractivity contribution in [3.8, 4) is 0 Å². The highest BCUT2D eigenvalue weighted by atomic mass is 19.1. The van der Waals surface area contributed by atoms with Gasteiger partial charge in [0.1, 0.15) is 6.04 Å². The van der Waals surface area contributed by atoms with E-state index in [1.165, 1.54) is 25.1 Å². The SMILES string of the molecule is CNC(=O)C(CC1CCCC1)NC(=O)c1cccc(Nc2ccncc2F)c1. The zero-order chi connectivity index (χ0) is 19.9. The number of pyridine rings is 1. The van der Waals surface area contributed by atoms with Crippen LogP contribution in [0.1, 0.15) is 42.5 Å². The maximum Gasteiger partial charge on any atom is 0.252 e. The van der Waals surface area contributed by atoms with Gasteiger partial charge in [0, 0.05) is 24.5 Å². The number of nitrogens with one attached hydrogen (secondary N) is 3. The molecule has 2 amide bonds. The molecule has 1 atom stereocenters. The first kappa shape index (κ1) is 19.8. The van der Waals surface area contributed by atoms with Gasteiger partial charge in [-0.1, -0.05) is 31.7 Å². The molecule has 6 nitrogen and oxygen atoms in total. The monoisotopic (exact) mass is 384 g/mol. The highest BCUT2D eigenvalue weighted by molar-refractivity contribution is 5.98. The number of anilines is 2. The molecule has 1 unspecified atom stereocenters. The second-order valence-electron chi connectivity index (χ2n) is 7.09. The Morgan fingerprint density at radius 3 is 2.75 bits per heavy atom. The average molecular weight is 384 g/mol. The number of hydrogen-bond acceptors (Lipinski definition) is 4. The van der Waals surface area contributed by atoms with Crippen molar-refractivity contribution in [1.29, 1.82) is 0 Å². The van der Waals surface area contributed by atoms with E-state index in [1.807, 2.05) is 0 Å². The van der Waals surface area contributed by atoms with E-state index >= 15 is 0 Å². The van der Waals surface area contributed by atoms with Gasteiger partial charge in [0.25, 0.3) is 5.91 Å². The van der Waals surface area contributed by atoms with Crippen molar-refractivity contribution >= 4 is 23.2 Å². The Balaban J connectivity index is 1.70. The molecule has 1 aromatic heterocycles. The lowest BCUT2D eigenvalue weighted by Gasteiger charge is -2.21. The van der Waals surface area contributed by atoms with Crippen LogP contribution in [0.2, 0.25) is 0 Å². The fourth-order valence-electron chi connectivity index (χ4n) is 3.60. The van der Waals surface area contributed by atoms with E-state index in [0.717, 1.165) is 19.0 Å². The Labute approximate surface area is 163 Å². The number of benzene rings is 1. The Morgan fingerprint density at radius 2 is 2.04 bits per heavy atom. The van der Waals surface area contributed by atoms with Crippen molar-refractivity contribution in [2.75, 3.05) is 12.4 Å². The van der Waals surface area contributed by atoms with Crippen molar-refractivity contribution in [1.82, 2.24) is 15.6 Å². The number of nitrogens with zero attached hydrogens (tertiary/aromatic N) is 1. The van der Waals surface area contributed by atoms with E-state index < -0.39 is 11.9 Å². The molecule has 1 aromatic carbocycles. The molecule has 1 heterocycles. The second-order valence-corrected chi connectivity index (χ2v) is 7.09. The highest BCUT2D eigenvalue weighted by Gasteiger charge is 2.26. The molecule has 1 fully saturated rings. The number of carbonyl (C=O) groups is 2. The zero-order valence-corrected chi connectivity index (χ0v) is 15.9. The normalized spacial score (nSPS) is 15.1. The third-order valence-electron chi connectivity index (χ3n) is 5.09. The first-order valence-electron chi connectivity index (χ1n) is 9.56. The van der Waals surface area contributed by atoms with Gasteiger partial charge in [-0.15, -0.1) is 0 Å². The third kappa shape index (κ3) is 5.06. The summed E-state index contributed by atoms with van der Waals surface area (Å²) in [4.78, 5) is 28.7. The molecule has 28 heavy (non-hydrogen) atoms. The Hall–Kier alpha value is -2.96. The number of rotatable bonds is 7.